The van der Waals surface area contributed by atoms with E-state index in [9.17, 15) is 4.79 Å². The SMILES string of the molecule is CCC1S/C(=N\N=C\CSc2ccc(C)cc2)NC1=O. The first-order valence-corrected chi connectivity index (χ1v) is 8.32. The number of aryl methyl sites for hydroxylation is 1. The Morgan fingerprint density at radius 3 is 2.80 bits per heavy atom. The van der Waals surface area contributed by atoms with Gasteiger partial charge in [0.15, 0.2) is 5.17 Å². The number of benzene rings is 1. The summed E-state index contributed by atoms with van der Waals surface area (Å²) < 4.78 is 0. The Hall–Kier alpha value is -1.27. The third-order valence-electron chi connectivity index (χ3n) is 2.72. The van der Waals surface area contributed by atoms with E-state index in [2.05, 4.69) is 46.7 Å². The molecule has 1 aromatic carbocycles. The number of nitrogens with zero attached hydrogens (tertiary/aromatic N) is 2. The second-order valence-corrected chi connectivity index (χ2v) is 6.62. The summed E-state index contributed by atoms with van der Waals surface area (Å²) in [6.45, 7) is 4.06. The van der Waals surface area contributed by atoms with Gasteiger partial charge >= 0.3 is 0 Å². The molecule has 1 unspecified atom stereocenters. The van der Waals surface area contributed by atoms with E-state index in [0.717, 1.165) is 12.2 Å². The summed E-state index contributed by atoms with van der Waals surface area (Å²) in [7, 11) is 0. The fourth-order valence-electron chi connectivity index (χ4n) is 1.62. The molecular formula is C14H17N3OS2. The summed E-state index contributed by atoms with van der Waals surface area (Å²) in [5.41, 5.74) is 1.26. The normalized spacial score (nSPS) is 20.8. The number of hydrogen-bond acceptors (Lipinski definition) is 5. The van der Waals surface area contributed by atoms with E-state index in [1.807, 2.05) is 6.92 Å². The quantitative estimate of drug-likeness (QED) is 0.517. The summed E-state index contributed by atoms with van der Waals surface area (Å²) in [5.74, 6) is 0.788. The molecule has 4 nitrogen and oxygen atoms in total. The Kier molecular flexibility index (Phi) is 5.67. The molecule has 0 spiro atoms. The van der Waals surface area contributed by atoms with Gasteiger partial charge < -0.3 is 5.32 Å². The van der Waals surface area contributed by atoms with Crippen LogP contribution < -0.4 is 5.32 Å². The van der Waals surface area contributed by atoms with Crippen molar-refractivity contribution < 1.29 is 4.79 Å². The first kappa shape index (κ1) is 15.1. The molecule has 20 heavy (non-hydrogen) atoms. The lowest BCUT2D eigenvalue weighted by Gasteiger charge is -1.97. The highest BCUT2D eigenvalue weighted by Crippen LogP contribution is 2.21. The molecule has 1 heterocycles. The Morgan fingerprint density at radius 2 is 2.15 bits per heavy atom. The van der Waals surface area contributed by atoms with E-state index in [1.165, 1.54) is 22.2 Å². The highest BCUT2D eigenvalue weighted by atomic mass is 32.2. The first-order chi connectivity index (χ1) is 9.69. The second kappa shape index (κ2) is 7.50. The highest BCUT2D eigenvalue weighted by Gasteiger charge is 2.28. The van der Waals surface area contributed by atoms with Gasteiger partial charge in [0, 0.05) is 16.9 Å². The van der Waals surface area contributed by atoms with Crippen LogP contribution in [0.4, 0.5) is 0 Å². The molecule has 1 atom stereocenters. The molecule has 0 aliphatic carbocycles. The lowest BCUT2D eigenvalue weighted by molar-refractivity contribution is -0.118. The number of rotatable bonds is 5. The average molecular weight is 307 g/mol. The van der Waals surface area contributed by atoms with E-state index in [-0.39, 0.29) is 11.2 Å². The monoisotopic (exact) mass is 307 g/mol. The number of carbonyl (C=O) groups is 1. The maximum atomic E-state index is 11.4. The average Bonchev–Trinajstić information content (AvgIpc) is 2.81. The summed E-state index contributed by atoms with van der Waals surface area (Å²) in [5, 5.41) is 11.3. The summed E-state index contributed by atoms with van der Waals surface area (Å²) in [4.78, 5) is 12.7. The van der Waals surface area contributed by atoms with Gasteiger partial charge in [0.1, 0.15) is 0 Å². The summed E-state index contributed by atoms with van der Waals surface area (Å²) in [6.07, 6.45) is 2.56. The molecule has 106 valence electrons. The van der Waals surface area contributed by atoms with Crippen LogP contribution in [0.2, 0.25) is 0 Å². The van der Waals surface area contributed by atoms with Crippen molar-refractivity contribution in [1.29, 1.82) is 0 Å². The van der Waals surface area contributed by atoms with Crippen molar-refractivity contribution in [2.75, 3.05) is 5.75 Å². The number of thioether (sulfide) groups is 2. The zero-order valence-corrected chi connectivity index (χ0v) is 13.1. The third-order valence-corrected chi connectivity index (χ3v) is 4.88. The molecule has 1 aliphatic heterocycles. The zero-order valence-electron chi connectivity index (χ0n) is 11.5. The third kappa shape index (κ3) is 4.38. The molecular weight excluding hydrogens is 290 g/mol. The van der Waals surface area contributed by atoms with Crippen molar-refractivity contribution in [1.82, 2.24) is 5.32 Å². The Labute approximate surface area is 127 Å². The van der Waals surface area contributed by atoms with Crippen molar-refractivity contribution in [3.63, 3.8) is 0 Å². The van der Waals surface area contributed by atoms with Crippen molar-refractivity contribution in [2.45, 2.75) is 30.4 Å². The van der Waals surface area contributed by atoms with Gasteiger partial charge in [-0.2, -0.15) is 5.10 Å². The molecule has 1 N–H and O–H groups in total. The number of carbonyl (C=O) groups excluding carboxylic acids is 1. The van der Waals surface area contributed by atoms with E-state index in [0.29, 0.717) is 5.17 Å². The fourth-order valence-corrected chi connectivity index (χ4v) is 3.13. The van der Waals surface area contributed by atoms with Crippen LogP contribution in [0, 0.1) is 6.92 Å². The van der Waals surface area contributed by atoms with E-state index >= 15 is 0 Å². The van der Waals surface area contributed by atoms with Gasteiger partial charge in [-0.1, -0.05) is 36.4 Å². The standard InChI is InChI=1S/C14H17N3OS2/c1-3-12-13(18)16-14(20-12)17-15-8-9-19-11-6-4-10(2)5-7-11/h4-8,12H,3,9H2,1-2H3,(H,16,17,18)/b15-8+. The predicted molar refractivity (Wildman–Crippen MR) is 87.6 cm³/mol. The smallest absolute Gasteiger partial charge is 0.239 e. The predicted octanol–water partition coefficient (Wildman–Crippen LogP) is 3.07. The molecule has 1 saturated heterocycles. The highest BCUT2D eigenvalue weighted by molar-refractivity contribution is 8.15. The van der Waals surface area contributed by atoms with Gasteiger partial charge in [-0.05, 0) is 25.5 Å². The number of nitrogens with one attached hydrogen (secondary N) is 1. The Bertz CT molecular complexity index is 526. The maximum absolute atomic E-state index is 11.4. The van der Waals surface area contributed by atoms with Crippen LogP contribution in [0.3, 0.4) is 0 Å². The lowest BCUT2D eigenvalue weighted by atomic mass is 10.2. The minimum atomic E-state index is -0.0223. The van der Waals surface area contributed by atoms with Crippen LogP contribution in [0.25, 0.3) is 0 Å². The molecule has 1 amide bonds. The first-order valence-electron chi connectivity index (χ1n) is 6.45. The number of amides is 1. The second-order valence-electron chi connectivity index (χ2n) is 4.33. The summed E-state index contributed by atoms with van der Waals surface area (Å²) in [6, 6.07) is 8.38. The van der Waals surface area contributed by atoms with Crippen LogP contribution in [-0.2, 0) is 4.79 Å². The molecule has 0 radical (unpaired) electrons. The molecule has 6 heteroatoms. The topological polar surface area (TPSA) is 53.8 Å². The largest absolute Gasteiger partial charge is 0.303 e. The van der Waals surface area contributed by atoms with Crippen molar-refractivity contribution in [2.24, 2.45) is 10.2 Å². The lowest BCUT2D eigenvalue weighted by Crippen LogP contribution is -2.24. The number of amidine groups is 1. The summed E-state index contributed by atoms with van der Waals surface area (Å²) >= 11 is 3.15. The van der Waals surface area contributed by atoms with Gasteiger partial charge in [-0.25, -0.2) is 0 Å². The minimum Gasteiger partial charge on any atom is -0.303 e. The minimum absolute atomic E-state index is 0.0223. The Balaban J connectivity index is 1.77. The van der Waals surface area contributed by atoms with Crippen molar-refractivity contribution >= 4 is 40.8 Å². The van der Waals surface area contributed by atoms with E-state index < -0.39 is 0 Å². The fraction of sp³-hybridized carbons (Fsp3) is 0.357. The molecule has 0 bridgehead atoms. The van der Waals surface area contributed by atoms with Gasteiger partial charge in [0.25, 0.3) is 0 Å². The van der Waals surface area contributed by atoms with Gasteiger partial charge in [0.2, 0.25) is 5.91 Å². The van der Waals surface area contributed by atoms with Gasteiger partial charge in [0.05, 0.1) is 5.25 Å². The maximum Gasteiger partial charge on any atom is 0.239 e. The Morgan fingerprint density at radius 1 is 1.40 bits per heavy atom. The van der Waals surface area contributed by atoms with Gasteiger partial charge in [-0.15, -0.1) is 16.9 Å². The van der Waals surface area contributed by atoms with Crippen LogP contribution in [0.15, 0.2) is 39.4 Å². The van der Waals surface area contributed by atoms with Crippen LogP contribution >= 0.6 is 23.5 Å². The van der Waals surface area contributed by atoms with E-state index in [1.54, 1.807) is 18.0 Å². The molecule has 1 aliphatic rings. The van der Waals surface area contributed by atoms with Crippen LogP contribution in [0.1, 0.15) is 18.9 Å². The van der Waals surface area contributed by atoms with Crippen LogP contribution in [0.5, 0.6) is 0 Å². The zero-order chi connectivity index (χ0) is 14.4. The van der Waals surface area contributed by atoms with Crippen molar-refractivity contribution in [3.8, 4) is 0 Å². The molecule has 1 aromatic rings. The molecule has 2 rings (SSSR count). The molecule has 0 aromatic heterocycles. The van der Waals surface area contributed by atoms with Crippen molar-refractivity contribution in [3.05, 3.63) is 29.8 Å². The molecule has 0 saturated carbocycles. The van der Waals surface area contributed by atoms with Gasteiger partial charge in [-0.3, -0.25) is 4.79 Å². The van der Waals surface area contributed by atoms with Crippen LogP contribution in [-0.4, -0.2) is 28.3 Å². The van der Waals surface area contributed by atoms with E-state index in [4.69, 9.17) is 0 Å². The molecule has 1 fully saturated rings. The number of hydrogen-bond donors (Lipinski definition) is 1.